The van der Waals surface area contributed by atoms with E-state index in [0.717, 1.165) is 0 Å². The van der Waals surface area contributed by atoms with Gasteiger partial charge in [-0.15, -0.1) is 0 Å². The number of ether oxygens (including phenoxy) is 1. The van der Waals surface area contributed by atoms with Crippen molar-refractivity contribution in [3.05, 3.63) is 0 Å². The molecule has 1 rings (SSSR count). The van der Waals surface area contributed by atoms with Gasteiger partial charge in [0.15, 0.2) is 12.6 Å². The molecule has 0 spiro atoms. The molecule has 1 saturated heterocycles. The van der Waals surface area contributed by atoms with Crippen molar-refractivity contribution in [2.75, 3.05) is 0 Å². The van der Waals surface area contributed by atoms with Gasteiger partial charge in [-0.2, -0.15) is 0 Å². The highest BCUT2D eigenvalue weighted by Gasteiger charge is 2.45. The smallest absolute Gasteiger partial charge is 0.184 e. The van der Waals surface area contributed by atoms with Gasteiger partial charge in [0.2, 0.25) is 0 Å². The summed E-state index contributed by atoms with van der Waals surface area (Å²) < 4.78 is 4.44. The Labute approximate surface area is 73.4 Å². The molecule has 0 aromatic carbocycles. The van der Waals surface area contributed by atoms with Crippen molar-refractivity contribution < 1.29 is 35.4 Å². The summed E-state index contributed by atoms with van der Waals surface area (Å²) in [6.45, 7) is 0. The van der Waals surface area contributed by atoms with Crippen LogP contribution in [0.3, 0.4) is 0 Å². The molecular weight excluding hydrogens is 184 g/mol. The lowest BCUT2D eigenvalue weighted by molar-refractivity contribution is -0.317. The van der Waals surface area contributed by atoms with Crippen LogP contribution in [0.25, 0.3) is 0 Å². The molecule has 0 aliphatic carbocycles. The molecule has 0 bridgehead atoms. The summed E-state index contributed by atoms with van der Waals surface area (Å²) >= 11 is 0. The van der Waals surface area contributed by atoms with Crippen LogP contribution < -0.4 is 0 Å². The molecule has 1 aliphatic rings. The average molecular weight is 196 g/mol. The number of aliphatic hydroxyl groups is 6. The standard InChI is InChI=1S/C6H12O7/c7-1-2(8)4(5(10)11)13-6(12)3(1)9/h1-12H/t1-,2+,3+,4-,6?/m0/s1. The van der Waals surface area contributed by atoms with Crippen LogP contribution in [-0.4, -0.2) is 67.6 Å². The maximum absolute atomic E-state index is 9.13. The fourth-order valence-corrected chi connectivity index (χ4v) is 1.13. The molecule has 0 aromatic heterocycles. The van der Waals surface area contributed by atoms with E-state index in [9.17, 15) is 0 Å². The van der Waals surface area contributed by atoms with E-state index < -0.39 is 37.0 Å². The second kappa shape index (κ2) is 3.84. The highest BCUT2D eigenvalue weighted by atomic mass is 16.7. The van der Waals surface area contributed by atoms with E-state index in [1.807, 2.05) is 0 Å². The first-order valence-corrected chi connectivity index (χ1v) is 3.69. The van der Waals surface area contributed by atoms with Crippen molar-refractivity contribution in [1.29, 1.82) is 0 Å². The van der Waals surface area contributed by atoms with Crippen molar-refractivity contribution in [3.8, 4) is 0 Å². The monoisotopic (exact) mass is 196 g/mol. The molecule has 13 heavy (non-hydrogen) atoms. The molecule has 0 aromatic rings. The summed E-state index contributed by atoms with van der Waals surface area (Å²) in [5.41, 5.74) is 0. The first-order valence-electron chi connectivity index (χ1n) is 3.69. The molecule has 0 saturated carbocycles. The molecular formula is C6H12O7. The Hall–Kier alpha value is -0.280. The first-order chi connectivity index (χ1) is 5.95. The van der Waals surface area contributed by atoms with Crippen LogP contribution in [0.1, 0.15) is 0 Å². The molecule has 1 unspecified atom stereocenters. The second-order valence-electron chi connectivity index (χ2n) is 2.88. The summed E-state index contributed by atoms with van der Waals surface area (Å²) in [7, 11) is 0. The van der Waals surface area contributed by atoms with E-state index in [1.54, 1.807) is 0 Å². The average Bonchev–Trinajstić information content (AvgIpc) is 2.07. The summed E-state index contributed by atoms with van der Waals surface area (Å²) in [4.78, 5) is 0. The topological polar surface area (TPSA) is 131 Å². The minimum absolute atomic E-state index is 1.53. The summed E-state index contributed by atoms with van der Waals surface area (Å²) in [6.07, 6.45) is -10.3. The minimum Gasteiger partial charge on any atom is -0.387 e. The van der Waals surface area contributed by atoms with Crippen LogP contribution >= 0.6 is 0 Å². The second-order valence-corrected chi connectivity index (χ2v) is 2.88. The Morgan fingerprint density at radius 1 is 0.846 bits per heavy atom. The van der Waals surface area contributed by atoms with Crippen molar-refractivity contribution in [2.45, 2.75) is 37.0 Å². The molecule has 0 amide bonds. The zero-order valence-electron chi connectivity index (χ0n) is 6.56. The maximum atomic E-state index is 9.13. The predicted molar refractivity (Wildman–Crippen MR) is 37.1 cm³/mol. The Kier molecular flexibility index (Phi) is 3.19. The SMILES string of the molecule is OC(O)[C@H]1OC(O)[C@H](O)[C@@H](O)[C@H]1O. The van der Waals surface area contributed by atoms with Gasteiger partial charge in [-0.25, -0.2) is 0 Å². The Balaban J connectivity index is 2.70. The van der Waals surface area contributed by atoms with Crippen molar-refractivity contribution in [3.63, 3.8) is 0 Å². The lowest BCUT2D eigenvalue weighted by Gasteiger charge is -2.38. The minimum atomic E-state index is -2.04. The van der Waals surface area contributed by atoms with Crippen LogP contribution in [0.4, 0.5) is 0 Å². The van der Waals surface area contributed by atoms with E-state index in [-0.39, 0.29) is 0 Å². The fraction of sp³-hybridized carbons (Fsp3) is 1.00. The number of rotatable bonds is 1. The van der Waals surface area contributed by atoms with Crippen molar-refractivity contribution >= 4 is 0 Å². The highest BCUT2D eigenvalue weighted by Crippen LogP contribution is 2.21. The molecule has 1 aliphatic heterocycles. The van der Waals surface area contributed by atoms with E-state index in [0.29, 0.717) is 0 Å². The molecule has 1 fully saturated rings. The van der Waals surface area contributed by atoms with E-state index in [4.69, 9.17) is 30.6 Å². The first kappa shape index (κ1) is 10.8. The lowest BCUT2D eigenvalue weighted by Crippen LogP contribution is -2.60. The Bertz CT molecular complexity index is 172. The van der Waals surface area contributed by atoms with Crippen LogP contribution in [0.15, 0.2) is 0 Å². The van der Waals surface area contributed by atoms with Gasteiger partial charge < -0.3 is 35.4 Å². The Morgan fingerprint density at radius 2 is 1.38 bits per heavy atom. The maximum Gasteiger partial charge on any atom is 0.184 e. The lowest BCUT2D eigenvalue weighted by atomic mass is 9.99. The van der Waals surface area contributed by atoms with E-state index >= 15 is 0 Å². The quantitative estimate of drug-likeness (QED) is 0.236. The van der Waals surface area contributed by atoms with Gasteiger partial charge in [0, 0.05) is 0 Å². The van der Waals surface area contributed by atoms with E-state index in [2.05, 4.69) is 4.74 Å². The van der Waals surface area contributed by atoms with Crippen LogP contribution in [0, 0.1) is 0 Å². The van der Waals surface area contributed by atoms with Gasteiger partial charge in [0.1, 0.15) is 24.4 Å². The third-order valence-electron chi connectivity index (χ3n) is 1.92. The van der Waals surface area contributed by atoms with Crippen molar-refractivity contribution in [1.82, 2.24) is 0 Å². The van der Waals surface area contributed by atoms with E-state index in [1.165, 1.54) is 0 Å². The third kappa shape index (κ3) is 1.97. The summed E-state index contributed by atoms with van der Waals surface area (Å²) in [5.74, 6) is 0. The fourth-order valence-electron chi connectivity index (χ4n) is 1.13. The van der Waals surface area contributed by atoms with Gasteiger partial charge in [-0.05, 0) is 0 Å². The highest BCUT2D eigenvalue weighted by molar-refractivity contribution is 4.89. The largest absolute Gasteiger partial charge is 0.387 e. The van der Waals surface area contributed by atoms with Gasteiger partial charge in [-0.1, -0.05) is 0 Å². The molecule has 1 heterocycles. The van der Waals surface area contributed by atoms with Crippen molar-refractivity contribution in [2.24, 2.45) is 0 Å². The molecule has 0 radical (unpaired) electrons. The normalized spacial score (nSPS) is 46.8. The molecule has 5 atom stereocenters. The van der Waals surface area contributed by atoms with Crippen LogP contribution in [0.2, 0.25) is 0 Å². The molecule has 6 N–H and O–H groups in total. The summed E-state index contributed by atoms with van der Waals surface area (Å²) in [6, 6.07) is 0. The van der Waals surface area contributed by atoms with Crippen LogP contribution in [-0.2, 0) is 4.74 Å². The zero-order chi connectivity index (χ0) is 10.2. The molecule has 7 heteroatoms. The number of aliphatic hydroxyl groups excluding tert-OH is 5. The Morgan fingerprint density at radius 3 is 1.85 bits per heavy atom. The number of hydrogen-bond acceptors (Lipinski definition) is 7. The van der Waals surface area contributed by atoms with Gasteiger partial charge in [0.25, 0.3) is 0 Å². The molecule has 7 nitrogen and oxygen atoms in total. The third-order valence-corrected chi connectivity index (χ3v) is 1.92. The molecule has 78 valence electrons. The zero-order valence-corrected chi connectivity index (χ0v) is 6.56. The summed E-state index contributed by atoms with van der Waals surface area (Å²) in [5, 5.41) is 53.4. The number of hydrogen-bond donors (Lipinski definition) is 6. The van der Waals surface area contributed by atoms with Gasteiger partial charge >= 0.3 is 0 Å². The van der Waals surface area contributed by atoms with Gasteiger partial charge in [-0.3, -0.25) is 0 Å². The van der Waals surface area contributed by atoms with Crippen LogP contribution in [0.5, 0.6) is 0 Å². The predicted octanol–water partition coefficient (Wildman–Crippen LogP) is -3.90. The van der Waals surface area contributed by atoms with Gasteiger partial charge in [0.05, 0.1) is 0 Å².